The lowest BCUT2D eigenvalue weighted by molar-refractivity contribution is -0.123. The van der Waals surface area contributed by atoms with E-state index in [2.05, 4.69) is 10.6 Å². The fourth-order valence-corrected chi connectivity index (χ4v) is 4.30. The predicted molar refractivity (Wildman–Crippen MR) is 175 cm³/mol. The van der Waals surface area contributed by atoms with Crippen LogP contribution in [-0.2, 0) is 18.0 Å². The van der Waals surface area contributed by atoms with Crippen molar-refractivity contribution in [1.29, 1.82) is 0 Å². The van der Waals surface area contributed by atoms with Crippen LogP contribution in [-0.4, -0.2) is 36.9 Å². The molecule has 2 N–H and O–H groups in total. The molecule has 0 saturated heterocycles. The van der Waals surface area contributed by atoms with Gasteiger partial charge in [0.15, 0.2) is 23.9 Å². The van der Waals surface area contributed by atoms with Crippen LogP contribution in [0.25, 0.3) is 0 Å². The van der Waals surface area contributed by atoms with E-state index < -0.39 is 5.54 Å². The van der Waals surface area contributed by atoms with Crippen LogP contribution < -0.4 is 24.8 Å². The number of ether oxygens (including phenoxy) is 3. The fourth-order valence-electron chi connectivity index (χ4n) is 3.98. The average Bonchev–Trinajstić information content (AvgIpc) is 3.02. The van der Waals surface area contributed by atoms with E-state index in [0.29, 0.717) is 36.0 Å². The van der Waals surface area contributed by atoms with Crippen molar-refractivity contribution < 1.29 is 23.8 Å². The molecular weight excluding hydrogens is 632 g/mol. The number of rotatable bonds is 15. The maximum atomic E-state index is 13.3. The molecule has 4 rings (SSSR count). The Morgan fingerprint density at radius 2 is 1.30 bits per heavy atom. The highest BCUT2D eigenvalue weighted by Crippen LogP contribution is 2.39. The third-order valence-electron chi connectivity index (χ3n) is 6.39. The van der Waals surface area contributed by atoms with E-state index in [1.54, 1.807) is 24.3 Å². The molecule has 1 amide bonds. The summed E-state index contributed by atoms with van der Waals surface area (Å²) in [5.74, 6) is 0.911. The van der Waals surface area contributed by atoms with Crippen molar-refractivity contribution in [1.82, 2.24) is 10.6 Å². The summed E-state index contributed by atoms with van der Waals surface area (Å²) < 4.78 is 17.7. The summed E-state index contributed by atoms with van der Waals surface area (Å²) >= 11 is 6.77. The Kier molecular flexibility index (Phi) is 13.1. The molecule has 9 heteroatoms. The van der Waals surface area contributed by atoms with Gasteiger partial charge in [0.1, 0.15) is 19.0 Å². The molecule has 4 aromatic rings. The van der Waals surface area contributed by atoms with Gasteiger partial charge in [-0.05, 0) is 49.2 Å². The van der Waals surface area contributed by atoms with E-state index in [9.17, 15) is 9.59 Å². The number of nitrogens with one attached hydrogen (secondary N) is 2. The molecule has 226 valence electrons. The van der Waals surface area contributed by atoms with Gasteiger partial charge in [-0.2, -0.15) is 0 Å². The number of para-hydroxylation sites is 1. The quantitative estimate of drug-likeness (QED) is 0.135. The minimum atomic E-state index is -0.573. The number of carbonyl (C=O) groups excluding carboxylic acids is 2. The van der Waals surface area contributed by atoms with Crippen molar-refractivity contribution in [3.63, 3.8) is 0 Å². The molecule has 7 nitrogen and oxygen atoms in total. The predicted octanol–water partition coefficient (Wildman–Crippen LogP) is 6.82. The first-order chi connectivity index (χ1) is 20.3. The molecule has 0 fully saturated rings. The first kappa shape index (κ1) is 33.6. The van der Waals surface area contributed by atoms with Gasteiger partial charge in [0.05, 0.1) is 11.6 Å². The van der Waals surface area contributed by atoms with Crippen LogP contribution in [0.5, 0.6) is 17.2 Å². The van der Waals surface area contributed by atoms with E-state index in [1.807, 2.05) is 92.7 Å². The Labute approximate surface area is 268 Å². The van der Waals surface area contributed by atoms with Crippen molar-refractivity contribution in [3.05, 3.63) is 125 Å². The van der Waals surface area contributed by atoms with Gasteiger partial charge in [0.25, 0.3) is 5.91 Å². The molecule has 0 bridgehead atoms. The Hall–Kier alpha value is -3.85. The molecule has 0 aliphatic heterocycles. The summed E-state index contributed by atoms with van der Waals surface area (Å²) in [5, 5.41) is 6.25. The van der Waals surface area contributed by atoms with Gasteiger partial charge < -0.3 is 24.8 Å². The number of benzene rings is 4. The number of carbonyl (C=O) groups is 2. The van der Waals surface area contributed by atoms with Gasteiger partial charge in [0, 0.05) is 17.6 Å². The second-order valence-corrected chi connectivity index (χ2v) is 10.7. The van der Waals surface area contributed by atoms with E-state index in [-0.39, 0.29) is 53.5 Å². The summed E-state index contributed by atoms with van der Waals surface area (Å²) in [6.07, 6.45) is 0. The molecule has 0 aliphatic rings. The lowest BCUT2D eigenvalue weighted by Gasteiger charge is -2.26. The zero-order valence-corrected chi connectivity index (χ0v) is 26.6. The average molecular weight is 668 g/mol. The van der Waals surface area contributed by atoms with Gasteiger partial charge in [-0.15, -0.1) is 17.0 Å². The van der Waals surface area contributed by atoms with Crippen LogP contribution in [0.4, 0.5) is 0 Å². The number of ketones is 1. The highest BCUT2D eigenvalue weighted by atomic mass is 79.9. The second-order valence-electron chi connectivity index (χ2n) is 10.3. The number of hydrogen-bond donors (Lipinski definition) is 2. The zero-order chi connectivity index (χ0) is 29.8. The number of Topliss-reactive ketones (excluding diaryl/α,β-unsaturated/α-hetero) is 1. The second kappa shape index (κ2) is 16.7. The highest BCUT2D eigenvalue weighted by molar-refractivity contribution is 8.93. The van der Waals surface area contributed by atoms with Crippen molar-refractivity contribution in [3.8, 4) is 17.2 Å². The Morgan fingerprint density at radius 3 is 1.91 bits per heavy atom. The molecule has 43 heavy (non-hydrogen) atoms. The smallest absolute Gasteiger partial charge is 0.258 e. The molecule has 0 atom stereocenters. The minimum Gasteiger partial charge on any atom is -0.485 e. The summed E-state index contributed by atoms with van der Waals surface area (Å²) in [5.41, 5.74) is 1.69. The van der Waals surface area contributed by atoms with Gasteiger partial charge in [-0.1, -0.05) is 90.5 Å². The van der Waals surface area contributed by atoms with Crippen LogP contribution >= 0.6 is 28.6 Å². The van der Waals surface area contributed by atoms with Gasteiger partial charge >= 0.3 is 0 Å². The minimum absolute atomic E-state index is 0. The largest absolute Gasteiger partial charge is 0.485 e. The topological polar surface area (TPSA) is 85.9 Å². The molecule has 0 aromatic heterocycles. The molecule has 0 spiro atoms. The molecule has 0 heterocycles. The summed E-state index contributed by atoms with van der Waals surface area (Å²) in [4.78, 5) is 25.5. The van der Waals surface area contributed by atoms with Crippen LogP contribution in [0.15, 0.2) is 103 Å². The maximum Gasteiger partial charge on any atom is 0.258 e. The zero-order valence-electron chi connectivity index (χ0n) is 24.2. The van der Waals surface area contributed by atoms with Crippen LogP contribution in [0.1, 0.15) is 35.3 Å². The first-order valence-corrected chi connectivity index (χ1v) is 14.1. The van der Waals surface area contributed by atoms with Crippen molar-refractivity contribution in [2.45, 2.75) is 32.6 Å². The molecule has 0 radical (unpaired) electrons. The van der Waals surface area contributed by atoms with Crippen LogP contribution in [0.2, 0.25) is 5.02 Å². The molecule has 0 saturated carbocycles. The first-order valence-electron chi connectivity index (χ1n) is 13.7. The highest BCUT2D eigenvalue weighted by Gasteiger charge is 2.23. The number of hydrogen-bond acceptors (Lipinski definition) is 6. The van der Waals surface area contributed by atoms with E-state index in [1.165, 1.54) is 0 Å². The SMILES string of the molecule is Br.CC(C)(CNC(=O)COc1ccccc1)NCC(=O)c1ccc(OCc2ccccc2)c(OCc2ccccc2)c1Cl. The summed E-state index contributed by atoms with van der Waals surface area (Å²) in [7, 11) is 0. The van der Waals surface area contributed by atoms with Crippen LogP contribution in [0.3, 0.4) is 0 Å². The molecule has 4 aromatic carbocycles. The van der Waals surface area contributed by atoms with E-state index in [4.69, 9.17) is 25.8 Å². The Bertz CT molecular complexity index is 1450. The molecular formula is C34H36BrClN2O5. The maximum absolute atomic E-state index is 13.3. The molecule has 0 aliphatic carbocycles. The number of amides is 1. The third-order valence-corrected chi connectivity index (χ3v) is 6.77. The lowest BCUT2D eigenvalue weighted by atomic mass is 10.0. The Balaban J connectivity index is 0.00000506. The standard InChI is InChI=1S/C34H35ClN2O5.BrH/c1-34(2,24-36-31(39)23-40-27-16-10-5-11-17-27)37-20-29(38)28-18-19-30(41-21-25-12-6-3-7-13-25)33(32(28)35)42-22-26-14-8-4-9-15-26;/h3-19,37H,20-24H2,1-2H3,(H,36,39);1H. The van der Waals surface area contributed by atoms with E-state index in [0.717, 1.165) is 11.1 Å². The van der Waals surface area contributed by atoms with Gasteiger partial charge in [0.2, 0.25) is 0 Å². The Morgan fingerprint density at radius 1 is 0.744 bits per heavy atom. The van der Waals surface area contributed by atoms with Crippen molar-refractivity contribution in [2.75, 3.05) is 19.7 Å². The summed E-state index contributed by atoms with van der Waals surface area (Å²) in [6.45, 7) is 4.58. The van der Waals surface area contributed by atoms with Gasteiger partial charge in [-0.3, -0.25) is 9.59 Å². The number of halogens is 2. The van der Waals surface area contributed by atoms with E-state index >= 15 is 0 Å². The third kappa shape index (κ3) is 10.7. The van der Waals surface area contributed by atoms with Crippen molar-refractivity contribution >= 4 is 40.3 Å². The normalized spacial score (nSPS) is 10.8. The van der Waals surface area contributed by atoms with Crippen molar-refractivity contribution in [2.24, 2.45) is 0 Å². The monoisotopic (exact) mass is 666 g/mol. The summed E-state index contributed by atoms with van der Waals surface area (Å²) in [6, 6.07) is 32.0. The van der Waals surface area contributed by atoms with Crippen LogP contribution in [0, 0.1) is 0 Å². The molecule has 0 unspecified atom stereocenters. The van der Waals surface area contributed by atoms with Gasteiger partial charge in [-0.25, -0.2) is 0 Å². The fraction of sp³-hybridized carbons (Fsp3) is 0.235. The lowest BCUT2D eigenvalue weighted by Crippen LogP contribution is -2.51.